The average molecular weight is 308 g/mol. The maximum absolute atomic E-state index is 6.03. The summed E-state index contributed by atoms with van der Waals surface area (Å²) in [4.78, 5) is 11.1. The number of aromatic nitrogens is 4. The van der Waals surface area contributed by atoms with Gasteiger partial charge in [0.05, 0.1) is 17.3 Å². The molecule has 1 aliphatic rings. The molecule has 1 saturated heterocycles. The molecule has 6 heteroatoms. The Morgan fingerprint density at radius 3 is 2.78 bits per heavy atom. The molecule has 0 aliphatic carbocycles. The minimum Gasteiger partial charge on any atom is -0.354 e. The first-order chi connectivity index (χ1) is 11.1. The summed E-state index contributed by atoms with van der Waals surface area (Å²) in [5.41, 5.74) is 10.4. The molecule has 1 atom stereocenters. The molecule has 0 saturated carbocycles. The minimum absolute atomic E-state index is 0.217. The van der Waals surface area contributed by atoms with Gasteiger partial charge in [0.15, 0.2) is 5.65 Å². The predicted octanol–water partition coefficient (Wildman–Crippen LogP) is 1.97. The monoisotopic (exact) mass is 308 g/mol. The summed E-state index contributed by atoms with van der Waals surface area (Å²) < 4.78 is 1.88. The van der Waals surface area contributed by atoms with Crippen molar-refractivity contribution in [3.63, 3.8) is 0 Å². The molecule has 3 heterocycles. The first-order valence-corrected chi connectivity index (χ1v) is 7.90. The molecular weight excluding hydrogens is 288 g/mol. The zero-order valence-corrected chi connectivity index (χ0v) is 13.4. The topological polar surface area (TPSA) is 72.9 Å². The molecule has 1 aromatic carbocycles. The van der Waals surface area contributed by atoms with E-state index < -0.39 is 0 Å². The second-order valence-electron chi connectivity index (χ2n) is 6.25. The van der Waals surface area contributed by atoms with Gasteiger partial charge < -0.3 is 10.6 Å². The fourth-order valence-electron chi connectivity index (χ4n) is 3.11. The van der Waals surface area contributed by atoms with Gasteiger partial charge in [0.25, 0.3) is 0 Å². The molecule has 1 fully saturated rings. The van der Waals surface area contributed by atoms with E-state index in [9.17, 15) is 0 Å². The van der Waals surface area contributed by atoms with Crippen molar-refractivity contribution >= 4 is 16.9 Å². The van der Waals surface area contributed by atoms with E-state index in [4.69, 9.17) is 5.73 Å². The van der Waals surface area contributed by atoms with E-state index in [1.807, 2.05) is 10.9 Å². The van der Waals surface area contributed by atoms with Crippen LogP contribution < -0.4 is 10.6 Å². The van der Waals surface area contributed by atoms with Gasteiger partial charge in [0.2, 0.25) is 0 Å². The molecule has 23 heavy (non-hydrogen) atoms. The van der Waals surface area contributed by atoms with E-state index in [0.29, 0.717) is 0 Å². The van der Waals surface area contributed by atoms with Crippen molar-refractivity contribution in [2.45, 2.75) is 26.3 Å². The van der Waals surface area contributed by atoms with Gasteiger partial charge in [-0.1, -0.05) is 6.07 Å². The van der Waals surface area contributed by atoms with Crippen molar-refractivity contribution in [2.24, 2.45) is 5.73 Å². The normalized spacial score (nSPS) is 18.0. The van der Waals surface area contributed by atoms with E-state index in [0.717, 1.165) is 42.0 Å². The van der Waals surface area contributed by atoms with Crippen molar-refractivity contribution in [2.75, 3.05) is 18.0 Å². The van der Waals surface area contributed by atoms with Gasteiger partial charge in [-0.05, 0) is 43.5 Å². The van der Waals surface area contributed by atoms with Crippen LogP contribution in [0, 0.1) is 13.8 Å². The van der Waals surface area contributed by atoms with Crippen molar-refractivity contribution in [1.29, 1.82) is 0 Å². The summed E-state index contributed by atoms with van der Waals surface area (Å²) in [6, 6.07) is 6.53. The van der Waals surface area contributed by atoms with E-state index in [1.165, 1.54) is 11.1 Å². The van der Waals surface area contributed by atoms with Crippen LogP contribution in [0.1, 0.15) is 17.5 Å². The SMILES string of the molecule is Cc1ccc(-n2ncc3c(N4CCC(N)C4)ncnc32)cc1C. The number of benzene rings is 1. The summed E-state index contributed by atoms with van der Waals surface area (Å²) in [6.45, 7) is 5.98. The number of nitrogens with zero attached hydrogens (tertiary/aromatic N) is 5. The second-order valence-corrected chi connectivity index (χ2v) is 6.25. The highest BCUT2D eigenvalue weighted by atomic mass is 15.3. The second kappa shape index (κ2) is 5.31. The van der Waals surface area contributed by atoms with Crippen molar-refractivity contribution in [3.8, 4) is 5.69 Å². The Kier molecular flexibility index (Phi) is 3.27. The molecule has 0 amide bonds. The highest BCUT2D eigenvalue weighted by Gasteiger charge is 2.23. The van der Waals surface area contributed by atoms with Gasteiger partial charge in [-0.15, -0.1) is 0 Å². The van der Waals surface area contributed by atoms with Crippen LogP contribution in [-0.4, -0.2) is 38.9 Å². The van der Waals surface area contributed by atoms with E-state index in [1.54, 1.807) is 6.33 Å². The lowest BCUT2D eigenvalue weighted by atomic mass is 10.1. The minimum atomic E-state index is 0.217. The number of aryl methyl sites for hydroxylation is 2. The van der Waals surface area contributed by atoms with E-state index in [-0.39, 0.29) is 6.04 Å². The molecule has 1 aliphatic heterocycles. The first kappa shape index (κ1) is 14.1. The summed E-state index contributed by atoms with van der Waals surface area (Å²) in [5.74, 6) is 0.929. The van der Waals surface area contributed by atoms with Crippen molar-refractivity contribution < 1.29 is 0 Å². The van der Waals surface area contributed by atoms with Crippen molar-refractivity contribution in [3.05, 3.63) is 41.9 Å². The maximum atomic E-state index is 6.03. The van der Waals surface area contributed by atoms with Gasteiger partial charge >= 0.3 is 0 Å². The molecule has 2 aromatic heterocycles. The zero-order chi connectivity index (χ0) is 16.0. The lowest BCUT2D eigenvalue weighted by molar-refractivity contribution is 0.751. The van der Waals surface area contributed by atoms with Gasteiger partial charge in [0, 0.05) is 19.1 Å². The number of rotatable bonds is 2. The molecule has 3 aromatic rings. The molecule has 4 rings (SSSR count). The average Bonchev–Trinajstić information content (AvgIpc) is 3.16. The third-order valence-electron chi connectivity index (χ3n) is 4.60. The van der Waals surface area contributed by atoms with Gasteiger partial charge in [-0.2, -0.15) is 5.10 Å². The highest BCUT2D eigenvalue weighted by molar-refractivity contribution is 5.87. The van der Waals surface area contributed by atoms with Crippen LogP contribution >= 0.6 is 0 Å². The fraction of sp³-hybridized carbons (Fsp3) is 0.353. The lowest BCUT2D eigenvalue weighted by Crippen LogP contribution is -2.27. The van der Waals surface area contributed by atoms with E-state index >= 15 is 0 Å². The summed E-state index contributed by atoms with van der Waals surface area (Å²) in [5, 5.41) is 5.52. The summed E-state index contributed by atoms with van der Waals surface area (Å²) in [7, 11) is 0. The van der Waals surface area contributed by atoms with Crippen LogP contribution in [0.5, 0.6) is 0 Å². The molecule has 0 bridgehead atoms. The Hall–Kier alpha value is -2.47. The number of hydrogen-bond acceptors (Lipinski definition) is 5. The first-order valence-electron chi connectivity index (χ1n) is 7.90. The van der Waals surface area contributed by atoms with Crippen LogP contribution in [0.2, 0.25) is 0 Å². The van der Waals surface area contributed by atoms with Crippen LogP contribution in [0.4, 0.5) is 5.82 Å². The van der Waals surface area contributed by atoms with E-state index in [2.05, 4.69) is 52.0 Å². The smallest absolute Gasteiger partial charge is 0.168 e. The maximum Gasteiger partial charge on any atom is 0.168 e. The van der Waals surface area contributed by atoms with Gasteiger partial charge in [-0.25, -0.2) is 14.6 Å². The Balaban J connectivity index is 1.82. The number of nitrogens with two attached hydrogens (primary N) is 1. The van der Waals surface area contributed by atoms with Crippen LogP contribution in [0.15, 0.2) is 30.7 Å². The number of hydrogen-bond donors (Lipinski definition) is 1. The third kappa shape index (κ3) is 2.35. The van der Waals surface area contributed by atoms with Gasteiger partial charge in [-0.3, -0.25) is 0 Å². The molecule has 6 nitrogen and oxygen atoms in total. The Labute approximate surface area is 135 Å². The van der Waals surface area contributed by atoms with Crippen LogP contribution in [0.3, 0.4) is 0 Å². The largest absolute Gasteiger partial charge is 0.354 e. The predicted molar refractivity (Wildman–Crippen MR) is 90.9 cm³/mol. The highest BCUT2D eigenvalue weighted by Crippen LogP contribution is 2.27. The quantitative estimate of drug-likeness (QED) is 0.783. The summed E-state index contributed by atoms with van der Waals surface area (Å²) >= 11 is 0. The molecule has 118 valence electrons. The van der Waals surface area contributed by atoms with Crippen LogP contribution in [-0.2, 0) is 0 Å². The third-order valence-corrected chi connectivity index (χ3v) is 4.60. The molecule has 0 radical (unpaired) electrons. The van der Waals surface area contributed by atoms with Crippen LogP contribution in [0.25, 0.3) is 16.7 Å². The number of anilines is 1. The summed E-state index contributed by atoms with van der Waals surface area (Å²) in [6.07, 6.45) is 4.46. The van der Waals surface area contributed by atoms with Crippen molar-refractivity contribution in [1.82, 2.24) is 19.7 Å². The molecule has 1 unspecified atom stereocenters. The van der Waals surface area contributed by atoms with Gasteiger partial charge in [0.1, 0.15) is 12.1 Å². The lowest BCUT2D eigenvalue weighted by Gasteiger charge is -2.17. The zero-order valence-electron chi connectivity index (χ0n) is 13.4. The fourth-order valence-corrected chi connectivity index (χ4v) is 3.11. The standard InChI is InChI=1S/C17H20N6/c1-11-3-4-14(7-12(11)2)23-17-15(8-21-23)16(19-10-20-17)22-6-5-13(18)9-22/h3-4,7-8,10,13H,5-6,9,18H2,1-2H3. The Morgan fingerprint density at radius 2 is 2.04 bits per heavy atom. The number of fused-ring (bicyclic) bond motifs is 1. The Morgan fingerprint density at radius 1 is 1.17 bits per heavy atom. The molecular formula is C17H20N6. The molecule has 2 N–H and O–H groups in total. The molecule has 0 spiro atoms. The Bertz CT molecular complexity index is 869.